The second kappa shape index (κ2) is 2.78. The van der Waals surface area contributed by atoms with Gasteiger partial charge in [0.1, 0.15) is 0 Å². The Morgan fingerprint density at radius 3 is 2.00 bits per heavy atom. The van der Waals surface area contributed by atoms with Gasteiger partial charge >= 0.3 is 0 Å². The van der Waals surface area contributed by atoms with Gasteiger partial charge in [-0.15, -0.1) is 0 Å². The van der Waals surface area contributed by atoms with Crippen molar-refractivity contribution in [2.45, 2.75) is 38.7 Å². The van der Waals surface area contributed by atoms with Crippen molar-refractivity contribution < 1.29 is 4.74 Å². The second-order valence-corrected chi connectivity index (χ2v) is 4.43. The molecule has 2 fully saturated rings. The van der Waals surface area contributed by atoms with E-state index in [0.29, 0.717) is 6.10 Å². The first-order valence-electron chi connectivity index (χ1n) is 4.82. The lowest BCUT2D eigenvalue weighted by atomic mass is 10.0. The molecule has 0 amide bonds. The van der Waals surface area contributed by atoms with Gasteiger partial charge in [-0.05, 0) is 43.4 Å². The normalized spacial score (nSPS) is 49.6. The van der Waals surface area contributed by atoms with Crippen LogP contribution in [-0.2, 0) is 4.74 Å². The van der Waals surface area contributed by atoms with Crippen LogP contribution in [0.2, 0.25) is 0 Å². The fourth-order valence-corrected chi connectivity index (χ4v) is 3.06. The van der Waals surface area contributed by atoms with Gasteiger partial charge in [-0.2, -0.15) is 0 Å². The van der Waals surface area contributed by atoms with Crippen LogP contribution in [0.5, 0.6) is 0 Å². The highest BCUT2D eigenvalue weighted by Crippen LogP contribution is 2.47. The largest absolute Gasteiger partial charge is 0.381 e. The molecule has 0 aromatic carbocycles. The lowest BCUT2D eigenvalue weighted by molar-refractivity contribution is 0.0998. The highest BCUT2D eigenvalue weighted by Gasteiger charge is 2.39. The summed E-state index contributed by atoms with van der Waals surface area (Å²) < 4.78 is 5.38. The van der Waals surface area contributed by atoms with Crippen molar-refractivity contribution in [3.05, 3.63) is 0 Å². The van der Waals surface area contributed by atoms with E-state index in [9.17, 15) is 0 Å². The molecule has 0 aliphatic heterocycles. The highest BCUT2D eigenvalue weighted by molar-refractivity contribution is 4.90. The van der Waals surface area contributed by atoms with Crippen molar-refractivity contribution in [3.63, 3.8) is 0 Å². The minimum Gasteiger partial charge on any atom is -0.381 e. The molecule has 1 heteroatoms. The van der Waals surface area contributed by atoms with E-state index in [1.165, 1.54) is 25.7 Å². The number of fused-ring (bicyclic) bond motifs is 1. The van der Waals surface area contributed by atoms with Crippen LogP contribution in [0.15, 0.2) is 0 Å². The third-order valence-electron chi connectivity index (χ3n) is 3.54. The Labute approximate surface area is 69.1 Å². The summed E-state index contributed by atoms with van der Waals surface area (Å²) in [5.41, 5.74) is 0. The molecule has 1 nitrogen and oxygen atoms in total. The smallest absolute Gasteiger partial charge is 0.0576 e. The van der Waals surface area contributed by atoms with E-state index in [1.807, 2.05) is 7.11 Å². The summed E-state index contributed by atoms with van der Waals surface area (Å²) in [6.45, 7) is 2.39. The zero-order valence-electron chi connectivity index (χ0n) is 7.55. The number of hydrogen-bond donors (Lipinski definition) is 0. The van der Waals surface area contributed by atoms with Crippen LogP contribution in [0.1, 0.15) is 32.6 Å². The van der Waals surface area contributed by atoms with Crippen molar-refractivity contribution in [1.82, 2.24) is 0 Å². The fraction of sp³-hybridized carbons (Fsp3) is 1.00. The van der Waals surface area contributed by atoms with Gasteiger partial charge in [-0.25, -0.2) is 0 Å². The molecule has 2 aliphatic carbocycles. The Kier molecular flexibility index (Phi) is 1.92. The van der Waals surface area contributed by atoms with Crippen molar-refractivity contribution >= 4 is 0 Å². The van der Waals surface area contributed by atoms with Gasteiger partial charge in [0.2, 0.25) is 0 Å². The Morgan fingerprint density at radius 1 is 1.00 bits per heavy atom. The molecule has 0 unspecified atom stereocenters. The fourth-order valence-electron chi connectivity index (χ4n) is 3.06. The van der Waals surface area contributed by atoms with Crippen LogP contribution in [0, 0.1) is 17.8 Å². The number of rotatable bonds is 1. The molecule has 0 bridgehead atoms. The Hall–Kier alpha value is -0.0400. The van der Waals surface area contributed by atoms with E-state index in [2.05, 4.69) is 6.92 Å². The number of hydrogen-bond acceptors (Lipinski definition) is 1. The van der Waals surface area contributed by atoms with E-state index >= 15 is 0 Å². The molecule has 0 heterocycles. The minimum absolute atomic E-state index is 0.595. The highest BCUT2D eigenvalue weighted by atomic mass is 16.5. The SMILES string of the molecule is CO[C@H]1C[C@H]2C[C@@H](C)C[C@H]2C1. The molecule has 0 saturated heterocycles. The summed E-state index contributed by atoms with van der Waals surface area (Å²) in [5.74, 6) is 3.01. The molecular formula is C10H18O. The average Bonchev–Trinajstić information content (AvgIpc) is 2.43. The van der Waals surface area contributed by atoms with Gasteiger partial charge in [0, 0.05) is 7.11 Å². The first-order chi connectivity index (χ1) is 5.29. The summed E-state index contributed by atoms with van der Waals surface area (Å²) in [6, 6.07) is 0. The molecule has 4 atom stereocenters. The summed E-state index contributed by atoms with van der Waals surface area (Å²) in [5, 5.41) is 0. The van der Waals surface area contributed by atoms with E-state index in [0.717, 1.165) is 17.8 Å². The molecule has 2 aliphatic rings. The van der Waals surface area contributed by atoms with Gasteiger partial charge in [-0.3, -0.25) is 0 Å². The van der Waals surface area contributed by atoms with Gasteiger partial charge in [0.15, 0.2) is 0 Å². The van der Waals surface area contributed by atoms with E-state index in [1.54, 1.807) is 0 Å². The van der Waals surface area contributed by atoms with Gasteiger partial charge in [0.05, 0.1) is 6.10 Å². The molecule has 2 rings (SSSR count). The van der Waals surface area contributed by atoms with Gasteiger partial charge < -0.3 is 4.74 Å². The summed E-state index contributed by atoms with van der Waals surface area (Å²) in [7, 11) is 1.86. The first-order valence-corrected chi connectivity index (χ1v) is 4.82. The molecule has 0 aromatic rings. The summed E-state index contributed by atoms with van der Waals surface area (Å²) >= 11 is 0. The number of ether oxygens (including phenoxy) is 1. The van der Waals surface area contributed by atoms with E-state index in [4.69, 9.17) is 4.74 Å². The lowest BCUT2D eigenvalue weighted by Crippen LogP contribution is -2.06. The Morgan fingerprint density at radius 2 is 1.55 bits per heavy atom. The maximum atomic E-state index is 5.38. The second-order valence-electron chi connectivity index (χ2n) is 4.43. The molecule has 0 aromatic heterocycles. The van der Waals surface area contributed by atoms with E-state index in [-0.39, 0.29) is 0 Å². The summed E-state index contributed by atoms with van der Waals surface area (Å²) in [4.78, 5) is 0. The Bertz CT molecular complexity index is 130. The maximum Gasteiger partial charge on any atom is 0.0576 e. The number of methoxy groups -OCH3 is 1. The lowest BCUT2D eigenvalue weighted by Gasteiger charge is -2.09. The van der Waals surface area contributed by atoms with E-state index < -0.39 is 0 Å². The van der Waals surface area contributed by atoms with Gasteiger partial charge in [-0.1, -0.05) is 6.92 Å². The van der Waals surface area contributed by atoms with Crippen LogP contribution < -0.4 is 0 Å². The molecular weight excluding hydrogens is 136 g/mol. The zero-order chi connectivity index (χ0) is 7.84. The molecule has 11 heavy (non-hydrogen) atoms. The first kappa shape index (κ1) is 7.60. The molecule has 0 N–H and O–H groups in total. The van der Waals surface area contributed by atoms with Crippen LogP contribution in [0.4, 0.5) is 0 Å². The van der Waals surface area contributed by atoms with Crippen molar-refractivity contribution in [3.8, 4) is 0 Å². The molecule has 2 saturated carbocycles. The molecule has 64 valence electrons. The topological polar surface area (TPSA) is 9.23 Å². The Balaban J connectivity index is 1.93. The molecule has 0 spiro atoms. The van der Waals surface area contributed by atoms with Crippen molar-refractivity contribution in [2.75, 3.05) is 7.11 Å². The quantitative estimate of drug-likeness (QED) is 0.563. The molecule has 0 radical (unpaired) electrons. The summed E-state index contributed by atoms with van der Waals surface area (Å²) in [6.07, 6.45) is 6.20. The van der Waals surface area contributed by atoms with Crippen LogP contribution in [0.25, 0.3) is 0 Å². The van der Waals surface area contributed by atoms with Crippen LogP contribution >= 0.6 is 0 Å². The maximum absolute atomic E-state index is 5.38. The minimum atomic E-state index is 0.595. The monoisotopic (exact) mass is 154 g/mol. The van der Waals surface area contributed by atoms with Crippen LogP contribution in [-0.4, -0.2) is 13.2 Å². The van der Waals surface area contributed by atoms with Gasteiger partial charge in [0.25, 0.3) is 0 Å². The third kappa shape index (κ3) is 1.31. The van der Waals surface area contributed by atoms with Crippen LogP contribution in [0.3, 0.4) is 0 Å². The third-order valence-corrected chi connectivity index (χ3v) is 3.54. The van der Waals surface area contributed by atoms with Crippen molar-refractivity contribution in [2.24, 2.45) is 17.8 Å². The zero-order valence-corrected chi connectivity index (χ0v) is 7.55. The predicted octanol–water partition coefficient (Wildman–Crippen LogP) is 2.46. The average molecular weight is 154 g/mol. The predicted molar refractivity (Wildman–Crippen MR) is 45.4 cm³/mol. The standard InChI is InChI=1S/C10H18O/c1-7-3-8-5-10(11-2)6-9(8)4-7/h7-10H,3-6H2,1-2H3/t7-,8-,9+,10+. The van der Waals surface area contributed by atoms with Crippen molar-refractivity contribution in [1.29, 1.82) is 0 Å².